The zero-order chi connectivity index (χ0) is 9.19. The molecule has 0 unspecified atom stereocenters. The summed E-state index contributed by atoms with van der Waals surface area (Å²) in [7, 11) is 0. The van der Waals surface area contributed by atoms with E-state index >= 15 is 0 Å². The Balaban J connectivity index is 2.72. The molecule has 0 saturated heterocycles. The van der Waals surface area contributed by atoms with Crippen LogP contribution in [0, 0.1) is 0 Å². The summed E-state index contributed by atoms with van der Waals surface area (Å²) in [5.74, 6) is 0. The van der Waals surface area contributed by atoms with Gasteiger partial charge in [0, 0.05) is 6.08 Å². The smallest absolute Gasteiger partial charge is 0.121 e. The van der Waals surface area contributed by atoms with Gasteiger partial charge >= 0.3 is 0 Å². The summed E-state index contributed by atoms with van der Waals surface area (Å²) in [6.07, 6.45) is 6.16. The fraction of sp³-hybridized carbons (Fsp3) is 0.556. The molecule has 0 spiro atoms. The van der Waals surface area contributed by atoms with Gasteiger partial charge in [0.05, 0.1) is 17.4 Å². The molecule has 3 heteroatoms. The molecule has 3 nitrogen and oxygen atoms in total. The molecule has 0 aliphatic carbocycles. The number of hydroxylamine groups is 2. The average Bonchev–Trinajstić information content (AvgIpc) is 2.05. The largest absolute Gasteiger partial charge is 0.397 e. The molecule has 1 rings (SSSR count). The highest BCUT2D eigenvalue weighted by molar-refractivity contribution is 5.15. The first-order valence-corrected chi connectivity index (χ1v) is 4.16. The fourth-order valence-electron chi connectivity index (χ4n) is 0.857. The fourth-order valence-corrected chi connectivity index (χ4v) is 0.857. The van der Waals surface area contributed by atoms with E-state index in [-0.39, 0.29) is 5.54 Å². The van der Waals surface area contributed by atoms with E-state index in [0.717, 1.165) is 12.1 Å². The summed E-state index contributed by atoms with van der Waals surface area (Å²) < 4.78 is 0. The van der Waals surface area contributed by atoms with Crippen molar-refractivity contribution in [3.63, 3.8) is 0 Å². The Kier molecular flexibility index (Phi) is 2.31. The summed E-state index contributed by atoms with van der Waals surface area (Å²) in [4.78, 5) is 5.30. The molecule has 0 radical (unpaired) electrons. The van der Waals surface area contributed by atoms with E-state index in [1.54, 1.807) is 17.4 Å². The number of allylic oxidation sites excluding steroid dienone is 1. The van der Waals surface area contributed by atoms with Gasteiger partial charge in [-0.3, -0.25) is 0 Å². The number of nitrogens with two attached hydrogens (primary N) is 1. The molecule has 1 aliphatic rings. The molecule has 0 atom stereocenters. The molecular weight excluding hydrogens is 152 g/mol. The highest BCUT2D eigenvalue weighted by Crippen LogP contribution is 2.21. The molecule has 1 heterocycles. The number of nitrogens with zero attached hydrogens (tertiary/aromatic N) is 1. The van der Waals surface area contributed by atoms with Crippen LogP contribution in [-0.4, -0.2) is 10.6 Å². The number of hydrogen-bond donors (Lipinski definition) is 1. The van der Waals surface area contributed by atoms with Gasteiger partial charge in [-0.1, -0.05) is 6.92 Å². The summed E-state index contributed by atoms with van der Waals surface area (Å²) in [5.41, 5.74) is 6.35. The van der Waals surface area contributed by atoms with Crippen molar-refractivity contribution >= 4 is 0 Å². The molecule has 0 amide bonds. The topological polar surface area (TPSA) is 38.5 Å². The van der Waals surface area contributed by atoms with Crippen LogP contribution in [-0.2, 0) is 4.84 Å². The van der Waals surface area contributed by atoms with Gasteiger partial charge in [-0.15, -0.1) is 0 Å². The second-order valence-corrected chi connectivity index (χ2v) is 3.53. The van der Waals surface area contributed by atoms with E-state index in [1.807, 2.05) is 6.20 Å². The maximum absolute atomic E-state index is 5.63. The lowest BCUT2D eigenvalue weighted by Gasteiger charge is -2.36. The summed E-state index contributed by atoms with van der Waals surface area (Å²) in [5, 5.41) is 1.78. The maximum Gasteiger partial charge on any atom is 0.121 e. The monoisotopic (exact) mass is 168 g/mol. The predicted molar refractivity (Wildman–Crippen MR) is 48.7 cm³/mol. The Hall–Kier alpha value is -1.12. The lowest BCUT2D eigenvalue weighted by molar-refractivity contribution is -0.132. The van der Waals surface area contributed by atoms with Gasteiger partial charge in [0.2, 0.25) is 0 Å². The van der Waals surface area contributed by atoms with Crippen LogP contribution in [0.1, 0.15) is 27.2 Å². The number of rotatable bonds is 2. The molecule has 0 fully saturated rings. The summed E-state index contributed by atoms with van der Waals surface area (Å²) in [6, 6.07) is 0. The molecule has 0 bridgehead atoms. The molecule has 2 N–H and O–H groups in total. The quantitative estimate of drug-likeness (QED) is 0.682. The molecule has 1 aliphatic heterocycles. The van der Waals surface area contributed by atoms with Gasteiger partial charge in [-0.2, -0.15) is 0 Å². The van der Waals surface area contributed by atoms with E-state index in [0.29, 0.717) is 0 Å². The SMILES string of the molecule is CCC(C)(C)N1C=C(N)C=CO1. The minimum Gasteiger partial charge on any atom is -0.397 e. The van der Waals surface area contributed by atoms with Crippen LogP contribution in [0.15, 0.2) is 24.2 Å². The van der Waals surface area contributed by atoms with Gasteiger partial charge in [0.1, 0.15) is 6.26 Å². The van der Waals surface area contributed by atoms with Crippen molar-refractivity contribution in [3.05, 3.63) is 24.2 Å². The van der Waals surface area contributed by atoms with Gasteiger partial charge < -0.3 is 10.6 Å². The molecule has 0 saturated carbocycles. The minimum atomic E-state index is -0.00458. The van der Waals surface area contributed by atoms with Crippen LogP contribution < -0.4 is 5.73 Å². The molecule has 0 aromatic rings. The summed E-state index contributed by atoms with van der Waals surface area (Å²) in [6.45, 7) is 6.33. The first-order valence-electron chi connectivity index (χ1n) is 4.16. The second-order valence-electron chi connectivity index (χ2n) is 3.53. The van der Waals surface area contributed by atoms with Crippen LogP contribution in [0.2, 0.25) is 0 Å². The van der Waals surface area contributed by atoms with Crippen molar-refractivity contribution in [2.24, 2.45) is 5.73 Å². The Labute approximate surface area is 73.4 Å². The standard InChI is InChI=1S/C9H16N2O/c1-4-9(2,3)11-7-8(10)5-6-12-11/h5-7H,4,10H2,1-3H3. The van der Waals surface area contributed by atoms with E-state index in [9.17, 15) is 0 Å². The van der Waals surface area contributed by atoms with Crippen LogP contribution in [0.3, 0.4) is 0 Å². The maximum atomic E-state index is 5.63. The Bertz CT molecular complexity index is 219. The van der Waals surface area contributed by atoms with E-state index in [2.05, 4.69) is 20.8 Å². The van der Waals surface area contributed by atoms with E-state index in [4.69, 9.17) is 10.6 Å². The molecule has 12 heavy (non-hydrogen) atoms. The number of hydrogen-bond acceptors (Lipinski definition) is 3. The van der Waals surface area contributed by atoms with Crippen molar-refractivity contribution in [2.45, 2.75) is 32.7 Å². The molecular formula is C9H16N2O. The van der Waals surface area contributed by atoms with Crippen LogP contribution in [0.5, 0.6) is 0 Å². The van der Waals surface area contributed by atoms with Gasteiger partial charge in [0.25, 0.3) is 0 Å². The average molecular weight is 168 g/mol. The third-order valence-electron chi connectivity index (χ3n) is 2.16. The van der Waals surface area contributed by atoms with Gasteiger partial charge in [-0.05, 0) is 20.3 Å². The highest BCUT2D eigenvalue weighted by atomic mass is 16.7. The van der Waals surface area contributed by atoms with Gasteiger partial charge in [0.15, 0.2) is 0 Å². The normalized spacial score (nSPS) is 17.2. The van der Waals surface area contributed by atoms with Crippen molar-refractivity contribution < 1.29 is 4.84 Å². The Morgan fingerprint density at radius 1 is 1.58 bits per heavy atom. The van der Waals surface area contributed by atoms with E-state index in [1.165, 1.54) is 0 Å². The van der Waals surface area contributed by atoms with E-state index < -0.39 is 0 Å². The Morgan fingerprint density at radius 2 is 2.25 bits per heavy atom. The second kappa shape index (κ2) is 3.09. The molecule has 0 aromatic carbocycles. The third kappa shape index (κ3) is 1.72. The zero-order valence-electron chi connectivity index (χ0n) is 7.87. The lowest BCUT2D eigenvalue weighted by atomic mass is 10.0. The van der Waals surface area contributed by atoms with Gasteiger partial charge in [-0.25, -0.2) is 5.06 Å². The summed E-state index contributed by atoms with van der Waals surface area (Å²) >= 11 is 0. The third-order valence-corrected chi connectivity index (χ3v) is 2.16. The van der Waals surface area contributed by atoms with Crippen LogP contribution in [0.25, 0.3) is 0 Å². The van der Waals surface area contributed by atoms with Crippen molar-refractivity contribution in [1.82, 2.24) is 5.06 Å². The Morgan fingerprint density at radius 3 is 2.75 bits per heavy atom. The van der Waals surface area contributed by atoms with Crippen molar-refractivity contribution in [3.8, 4) is 0 Å². The molecule has 68 valence electrons. The predicted octanol–water partition coefficient (Wildman–Crippen LogP) is 1.74. The minimum absolute atomic E-state index is 0.00458. The van der Waals surface area contributed by atoms with Crippen LogP contribution in [0.4, 0.5) is 0 Å². The van der Waals surface area contributed by atoms with Crippen LogP contribution >= 0.6 is 0 Å². The lowest BCUT2D eigenvalue weighted by Crippen LogP contribution is -2.40. The highest BCUT2D eigenvalue weighted by Gasteiger charge is 2.24. The first-order chi connectivity index (χ1) is 5.56. The molecule has 0 aromatic heterocycles. The van der Waals surface area contributed by atoms with Crippen molar-refractivity contribution in [1.29, 1.82) is 0 Å². The zero-order valence-corrected chi connectivity index (χ0v) is 7.87. The van der Waals surface area contributed by atoms with Crippen molar-refractivity contribution in [2.75, 3.05) is 0 Å². The first kappa shape index (κ1) is 8.97.